The van der Waals surface area contributed by atoms with Gasteiger partial charge in [0.25, 0.3) is 0 Å². The van der Waals surface area contributed by atoms with Crippen LogP contribution < -0.4 is 0 Å². The SMILES string of the molecule is C=C(O[Si](C)(C)OCCCC)c1ccccc1. The quantitative estimate of drug-likeness (QED) is 0.410. The third-order valence-electron chi connectivity index (χ3n) is 2.41. The van der Waals surface area contributed by atoms with E-state index in [9.17, 15) is 0 Å². The summed E-state index contributed by atoms with van der Waals surface area (Å²) >= 11 is 0. The summed E-state index contributed by atoms with van der Waals surface area (Å²) in [7, 11) is -2.09. The number of unbranched alkanes of at least 4 members (excludes halogenated alkanes) is 1. The molecule has 0 spiro atoms. The van der Waals surface area contributed by atoms with Crippen molar-refractivity contribution in [3.63, 3.8) is 0 Å². The van der Waals surface area contributed by atoms with Gasteiger partial charge in [-0.3, -0.25) is 0 Å². The summed E-state index contributed by atoms with van der Waals surface area (Å²) in [4.78, 5) is 0. The fourth-order valence-electron chi connectivity index (χ4n) is 1.47. The fraction of sp³-hybridized carbons (Fsp3) is 0.429. The van der Waals surface area contributed by atoms with E-state index in [2.05, 4.69) is 26.6 Å². The largest absolute Gasteiger partial charge is 0.520 e. The first-order valence-corrected chi connectivity index (χ1v) is 8.94. The Bertz CT molecular complexity index is 346. The van der Waals surface area contributed by atoms with Crippen LogP contribution in [0, 0.1) is 0 Å². The first kappa shape index (κ1) is 14.0. The van der Waals surface area contributed by atoms with Gasteiger partial charge in [-0.1, -0.05) is 50.3 Å². The van der Waals surface area contributed by atoms with E-state index in [4.69, 9.17) is 8.85 Å². The zero-order valence-electron chi connectivity index (χ0n) is 11.0. The van der Waals surface area contributed by atoms with Crippen LogP contribution in [0.2, 0.25) is 13.1 Å². The van der Waals surface area contributed by atoms with Crippen molar-refractivity contribution < 1.29 is 8.85 Å². The van der Waals surface area contributed by atoms with Crippen LogP contribution in [0.15, 0.2) is 36.9 Å². The molecule has 17 heavy (non-hydrogen) atoms. The molecule has 2 nitrogen and oxygen atoms in total. The van der Waals surface area contributed by atoms with Crippen LogP contribution >= 0.6 is 0 Å². The summed E-state index contributed by atoms with van der Waals surface area (Å²) in [6.45, 7) is 11.0. The molecule has 0 aromatic heterocycles. The molecule has 0 aliphatic carbocycles. The van der Waals surface area contributed by atoms with E-state index >= 15 is 0 Å². The molecule has 0 aliphatic heterocycles. The summed E-state index contributed by atoms with van der Waals surface area (Å²) in [5, 5.41) is 0. The molecule has 0 bridgehead atoms. The minimum absolute atomic E-state index is 0.707. The molecule has 0 radical (unpaired) electrons. The molecule has 0 heterocycles. The highest BCUT2D eigenvalue weighted by molar-refractivity contribution is 6.65. The van der Waals surface area contributed by atoms with Gasteiger partial charge in [0.05, 0.1) is 0 Å². The predicted octanol–water partition coefficient (Wildman–Crippen LogP) is 4.19. The van der Waals surface area contributed by atoms with Crippen LogP contribution in [0.25, 0.3) is 5.76 Å². The second-order valence-electron chi connectivity index (χ2n) is 4.49. The molecule has 0 atom stereocenters. The van der Waals surface area contributed by atoms with E-state index in [-0.39, 0.29) is 0 Å². The Kier molecular flexibility index (Phi) is 5.45. The molecular formula is C14H22O2Si. The Hall–Kier alpha value is -1.06. The second kappa shape index (κ2) is 6.62. The van der Waals surface area contributed by atoms with Gasteiger partial charge in [-0.2, -0.15) is 0 Å². The van der Waals surface area contributed by atoms with Gasteiger partial charge < -0.3 is 8.85 Å². The molecule has 0 unspecified atom stereocenters. The Morgan fingerprint density at radius 2 is 1.88 bits per heavy atom. The van der Waals surface area contributed by atoms with Crippen molar-refractivity contribution in [1.29, 1.82) is 0 Å². The average molecular weight is 250 g/mol. The zero-order valence-corrected chi connectivity index (χ0v) is 12.0. The summed E-state index contributed by atoms with van der Waals surface area (Å²) in [5.41, 5.74) is 1.02. The molecule has 0 aliphatic rings. The normalized spacial score (nSPS) is 11.2. The Balaban J connectivity index is 2.50. The first-order chi connectivity index (χ1) is 8.05. The van der Waals surface area contributed by atoms with Crippen LogP contribution in [-0.2, 0) is 8.85 Å². The van der Waals surface area contributed by atoms with Crippen LogP contribution in [0.4, 0.5) is 0 Å². The van der Waals surface area contributed by atoms with Gasteiger partial charge in [-0.05, 0) is 19.5 Å². The highest BCUT2D eigenvalue weighted by Gasteiger charge is 2.27. The molecular weight excluding hydrogens is 228 g/mol. The predicted molar refractivity (Wildman–Crippen MR) is 74.9 cm³/mol. The number of benzene rings is 1. The van der Waals surface area contributed by atoms with Crippen molar-refractivity contribution in [2.24, 2.45) is 0 Å². The van der Waals surface area contributed by atoms with Gasteiger partial charge in [0.15, 0.2) is 0 Å². The van der Waals surface area contributed by atoms with Crippen LogP contribution in [0.5, 0.6) is 0 Å². The van der Waals surface area contributed by atoms with Crippen LogP contribution in [0.1, 0.15) is 25.3 Å². The summed E-state index contributed by atoms with van der Waals surface area (Å²) in [5.74, 6) is 0.707. The zero-order chi connectivity index (χ0) is 12.7. The van der Waals surface area contributed by atoms with Gasteiger partial charge in [0.1, 0.15) is 5.76 Å². The minimum Gasteiger partial charge on any atom is -0.520 e. The van der Waals surface area contributed by atoms with Gasteiger partial charge in [-0.15, -0.1) is 0 Å². The second-order valence-corrected chi connectivity index (χ2v) is 7.79. The van der Waals surface area contributed by atoms with Crippen LogP contribution in [-0.4, -0.2) is 15.2 Å². The van der Waals surface area contributed by atoms with Crippen molar-refractivity contribution in [1.82, 2.24) is 0 Å². The van der Waals surface area contributed by atoms with E-state index in [0.29, 0.717) is 5.76 Å². The molecule has 3 heteroatoms. The topological polar surface area (TPSA) is 18.5 Å². The molecule has 0 saturated carbocycles. The van der Waals surface area contributed by atoms with Gasteiger partial charge in [0.2, 0.25) is 0 Å². The third-order valence-corrected chi connectivity index (χ3v) is 4.05. The summed E-state index contributed by atoms with van der Waals surface area (Å²) in [6, 6.07) is 9.95. The van der Waals surface area contributed by atoms with Gasteiger partial charge in [0, 0.05) is 12.2 Å². The maximum absolute atomic E-state index is 5.89. The minimum atomic E-state index is -2.09. The van der Waals surface area contributed by atoms with Gasteiger partial charge >= 0.3 is 8.56 Å². The van der Waals surface area contributed by atoms with E-state index < -0.39 is 8.56 Å². The number of rotatable bonds is 7. The summed E-state index contributed by atoms with van der Waals surface area (Å²) < 4.78 is 11.7. The lowest BCUT2D eigenvalue weighted by Crippen LogP contribution is -2.34. The Morgan fingerprint density at radius 1 is 1.24 bits per heavy atom. The van der Waals surface area contributed by atoms with Crippen molar-refractivity contribution >= 4 is 14.3 Å². The molecule has 0 N–H and O–H groups in total. The van der Waals surface area contributed by atoms with E-state index in [0.717, 1.165) is 25.0 Å². The average Bonchev–Trinajstić information content (AvgIpc) is 2.30. The van der Waals surface area contributed by atoms with Crippen molar-refractivity contribution in [3.05, 3.63) is 42.5 Å². The molecule has 1 aromatic carbocycles. The van der Waals surface area contributed by atoms with Crippen molar-refractivity contribution in [2.75, 3.05) is 6.61 Å². The molecule has 1 aromatic rings. The monoisotopic (exact) mass is 250 g/mol. The molecule has 0 amide bonds. The van der Waals surface area contributed by atoms with Gasteiger partial charge in [-0.25, -0.2) is 0 Å². The molecule has 94 valence electrons. The third kappa shape index (κ3) is 5.19. The Labute approximate surface area is 106 Å². The fourth-order valence-corrected chi connectivity index (χ4v) is 2.88. The lowest BCUT2D eigenvalue weighted by Gasteiger charge is -2.25. The maximum Gasteiger partial charge on any atom is 0.392 e. The van der Waals surface area contributed by atoms with Crippen molar-refractivity contribution in [3.8, 4) is 0 Å². The smallest absolute Gasteiger partial charge is 0.392 e. The molecule has 0 fully saturated rings. The molecule has 0 saturated heterocycles. The number of hydrogen-bond donors (Lipinski definition) is 0. The first-order valence-electron chi connectivity index (χ1n) is 6.12. The van der Waals surface area contributed by atoms with E-state index in [1.54, 1.807) is 0 Å². The standard InChI is InChI=1S/C14H22O2Si/c1-5-6-12-15-17(3,4)16-13(2)14-10-8-7-9-11-14/h7-11H,2,5-6,12H2,1,3-4H3. The summed E-state index contributed by atoms with van der Waals surface area (Å²) in [6.07, 6.45) is 2.22. The van der Waals surface area contributed by atoms with Crippen molar-refractivity contribution in [2.45, 2.75) is 32.9 Å². The highest BCUT2D eigenvalue weighted by atomic mass is 28.4. The lowest BCUT2D eigenvalue weighted by atomic mass is 10.2. The van der Waals surface area contributed by atoms with E-state index in [1.807, 2.05) is 30.3 Å². The lowest BCUT2D eigenvalue weighted by molar-refractivity contribution is 0.233. The molecule has 1 rings (SSSR count). The number of hydrogen-bond acceptors (Lipinski definition) is 2. The highest BCUT2D eigenvalue weighted by Crippen LogP contribution is 2.20. The van der Waals surface area contributed by atoms with Crippen LogP contribution in [0.3, 0.4) is 0 Å². The van der Waals surface area contributed by atoms with E-state index in [1.165, 1.54) is 0 Å². The Morgan fingerprint density at radius 3 is 2.47 bits per heavy atom. The maximum atomic E-state index is 5.89.